The van der Waals surface area contributed by atoms with Crippen molar-refractivity contribution in [1.82, 2.24) is 4.90 Å². The van der Waals surface area contributed by atoms with E-state index in [-0.39, 0.29) is 11.2 Å². The van der Waals surface area contributed by atoms with Gasteiger partial charge < -0.3 is 4.90 Å². The number of nitrogens with zero attached hydrogens (tertiary/aromatic N) is 1. The minimum atomic E-state index is -0.0122. The van der Waals surface area contributed by atoms with E-state index >= 15 is 0 Å². The standard InChI is InChI=1S/C22H26ClNOS/c1-2-21(26-20-10-8-19(23)9-11-20)22(25)24-14-12-18(13-15-24)16-17-6-4-3-5-7-17/h3-11,18,21H,2,12-16H2,1H3/t21-/m1/s1. The molecule has 1 amide bonds. The minimum Gasteiger partial charge on any atom is -0.342 e. The summed E-state index contributed by atoms with van der Waals surface area (Å²) in [6.07, 6.45) is 4.17. The highest BCUT2D eigenvalue weighted by Gasteiger charge is 2.28. The van der Waals surface area contributed by atoms with Crippen molar-refractivity contribution in [1.29, 1.82) is 0 Å². The second-order valence-electron chi connectivity index (χ2n) is 6.93. The number of carbonyl (C=O) groups is 1. The summed E-state index contributed by atoms with van der Waals surface area (Å²) in [6, 6.07) is 18.4. The van der Waals surface area contributed by atoms with Crippen LogP contribution in [0.3, 0.4) is 0 Å². The molecule has 1 atom stereocenters. The number of carbonyl (C=O) groups excluding carboxylic acids is 1. The van der Waals surface area contributed by atoms with Gasteiger partial charge in [-0.05, 0) is 61.4 Å². The molecule has 0 saturated carbocycles. The van der Waals surface area contributed by atoms with E-state index in [1.165, 1.54) is 5.56 Å². The summed E-state index contributed by atoms with van der Waals surface area (Å²) >= 11 is 7.61. The molecule has 1 aliphatic rings. The molecule has 26 heavy (non-hydrogen) atoms. The molecule has 1 heterocycles. The Morgan fingerprint density at radius 2 is 1.77 bits per heavy atom. The maximum absolute atomic E-state index is 12.9. The highest BCUT2D eigenvalue weighted by atomic mass is 35.5. The number of halogens is 1. The third kappa shape index (κ3) is 5.28. The number of rotatable bonds is 6. The van der Waals surface area contributed by atoms with E-state index in [2.05, 4.69) is 42.2 Å². The maximum Gasteiger partial charge on any atom is 0.236 e. The maximum atomic E-state index is 12.9. The second-order valence-corrected chi connectivity index (χ2v) is 8.64. The first-order chi connectivity index (χ1) is 12.7. The van der Waals surface area contributed by atoms with Crippen LogP contribution in [0, 0.1) is 5.92 Å². The van der Waals surface area contributed by atoms with Crippen LogP contribution >= 0.6 is 23.4 Å². The molecule has 0 unspecified atom stereocenters. The molecular formula is C22H26ClNOS. The van der Waals surface area contributed by atoms with Crippen molar-refractivity contribution >= 4 is 29.3 Å². The summed E-state index contributed by atoms with van der Waals surface area (Å²) < 4.78 is 0. The zero-order valence-electron chi connectivity index (χ0n) is 15.2. The minimum absolute atomic E-state index is 0.0122. The molecule has 1 fully saturated rings. The van der Waals surface area contributed by atoms with Gasteiger partial charge >= 0.3 is 0 Å². The third-order valence-electron chi connectivity index (χ3n) is 5.03. The van der Waals surface area contributed by atoms with E-state index < -0.39 is 0 Å². The van der Waals surface area contributed by atoms with Gasteiger partial charge in [0.15, 0.2) is 0 Å². The fourth-order valence-electron chi connectivity index (χ4n) is 3.49. The summed E-state index contributed by atoms with van der Waals surface area (Å²) in [6.45, 7) is 3.86. The summed E-state index contributed by atoms with van der Waals surface area (Å²) in [7, 11) is 0. The molecule has 2 aromatic carbocycles. The van der Waals surface area contributed by atoms with Gasteiger partial charge in [-0.15, -0.1) is 11.8 Å². The molecule has 2 aromatic rings. The van der Waals surface area contributed by atoms with Gasteiger partial charge in [-0.1, -0.05) is 48.9 Å². The normalized spacial score (nSPS) is 16.5. The quantitative estimate of drug-likeness (QED) is 0.593. The van der Waals surface area contributed by atoms with Crippen LogP contribution in [0.4, 0.5) is 0 Å². The van der Waals surface area contributed by atoms with E-state index in [9.17, 15) is 4.79 Å². The van der Waals surface area contributed by atoms with Crippen molar-refractivity contribution in [3.05, 3.63) is 65.2 Å². The molecule has 0 bridgehead atoms. The van der Waals surface area contributed by atoms with Crippen molar-refractivity contribution in [3.63, 3.8) is 0 Å². The Balaban J connectivity index is 1.52. The molecule has 0 aliphatic carbocycles. The average molecular weight is 388 g/mol. The first kappa shape index (κ1) is 19.3. The van der Waals surface area contributed by atoms with Crippen molar-refractivity contribution in [3.8, 4) is 0 Å². The SMILES string of the molecule is CC[C@@H](Sc1ccc(Cl)cc1)C(=O)N1CCC(Cc2ccccc2)CC1. The fraction of sp³-hybridized carbons (Fsp3) is 0.409. The first-order valence-electron chi connectivity index (χ1n) is 9.40. The molecule has 0 radical (unpaired) electrons. The topological polar surface area (TPSA) is 20.3 Å². The Bertz CT molecular complexity index is 696. The van der Waals surface area contributed by atoms with E-state index in [0.717, 1.165) is 48.7 Å². The summed E-state index contributed by atoms with van der Waals surface area (Å²) in [5.41, 5.74) is 1.40. The Morgan fingerprint density at radius 1 is 1.12 bits per heavy atom. The van der Waals surface area contributed by atoms with E-state index in [4.69, 9.17) is 11.6 Å². The van der Waals surface area contributed by atoms with E-state index in [1.807, 2.05) is 24.3 Å². The molecule has 3 rings (SSSR count). The molecule has 138 valence electrons. The lowest BCUT2D eigenvalue weighted by Gasteiger charge is -2.34. The lowest BCUT2D eigenvalue weighted by molar-refractivity contribution is -0.132. The zero-order chi connectivity index (χ0) is 18.4. The predicted molar refractivity (Wildman–Crippen MR) is 111 cm³/mol. The number of thioether (sulfide) groups is 1. The summed E-state index contributed by atoms with van der Waals surface area (Å²) in [4.78, 5) is 16.1. The molecule has 4 heteroatoms. The first-order valence-corrected chi connectivity index (χ1v) is 10.7. The van der Waals surface area contributed by atoms with Gasteiger partial charge in [-0.2, -0.15) is 0 Å². The Morgan fingerprint density at radius 3 is 2.38 bits per heavy atom. The van der Waals surface area contributed by atoms with E-state index in [1.54, 1.807) is 11.8 Å². The Hall–Kier alpha value is -1.45. The van der Waals surface area contributed by atoms with Crippen molar-refractivity contribution in [2.24, 2.45) is 5.92 Å². The summed E-state index contributed by atoms with van der Waals surface area (Å²) in [5.74, 6) is 0.969. The average Bonchev–Trinajstić information content (AvgIpc) is 2.68. The molecule has 0 spiro atoms. The van der Waals surface area contributed by atoms with Gasteiger partial charge in [-0.25, -0.2) is 0 Å². The molecule has 2 nitrogen and oxygen atoms in total. The largest absolute Gasteiger partial charge is 0.342 e. The van der Waals surface area contributed by atoms with Crippen LogP contribution in [0.15, 0.2) is 59.5 Å². The van der Waals surface area contributed by atoms with Gasteiger partial charge in [0.05, 0.1) is 5.25 Å². The van der Waals surface area contributed by atoms with Gasteiger partial charge in [0.25, 0.3) is 0 Å². The van der Waals surface area contributed by atoms with Crippen LogP contribution in [-0.4, -0.2) is 29.1 Å². The van der Waals surface area contributed by atoms with Crippen LogP contribution in [-0.2, 0) is 11.2 Å². The van der Waals surface area contributed by atoms with Crippen molar-refractivity contribution < 1.29 is 4.79 Å². The second kappa shape index (κ2) is 9.48. The number of piperidine rings is 1. The van der Waals surface area contributed by atoms with Crippen LogP contribution in [0.2, 0.25) is 5.02 Å². The lowest BCUT2D eigenvalue weighted by Crippen LogP contribution is -2.43. The number of benzene rings is 2. The van der Waals surface area contributed by atoms with Crippen LogP contribution in [0.1, 0.15) is 31.7 Å². The van der Waals surface area contributed by atoms with Crippen LogP contribution in [0.25, 0.3) is 0 Å². The third-order valence-corrected chi connectivity index (χ3v) is 6.65. The molecule has 1 aliphatic heterocycles. The molecule has 1 saturated heterocycles. The smallest absolute Gasteiger partial charge is 0.236 e. The predicted octanol–water partition coefficient (Wildman–Crippen LogP) is 5.69. The molecule has 0 N–H and O–H groups in total. The molecular weight excluding hydrogens is 362 g/mol. The van der Waals surface area contributed by atoms with Crippen LogP contribution < -0.4 is 0 Å². The Kier molecular flexibility index (Phi) is 7.04. The number of amides is 1. The van der Waals surface area contributed by atoms with E-state index in [0.29, 0.717) is 5.92 Å². The number of hydrogen-bond acceptors (Lipinski definition) is 2. The number of likely N-dealkylation sites (tertiary alicyclic amines) is 1. The van der Waals surface area contributed by atoms with Crippen molar-refractivity contribution in [2.45, 2.75) is 42.8 Å². The number of hydrogen-bond donors (Lipinski definition) is 0. The van der Waals surface area contributed by atoms with Gasteiger partial charge in [0.2, 0.25) is 5.91 Å². The highest BCUT2D eigenvalue weighted by Crippen LogP contribution is 2.30. The zero-order valence-corrected chi connectivity index (χ0v) is 16.8. The monoisotopic (exact) mass is 387 g/mol. The van der Waals surface area contributed by atoms with Gasteiger partial charge in [0.1, 0.15) is 0 Å². The van der Waals surface area contributed by atoms with Crippen LogP contribution in [0.5, 0.6) is 0 Å². The van der Waals surface area contributed by atoms with Crippen molar-refractivity contribution in [2.75, 3.05) is 13.1 Å². The fourth-order valence-corrected chi connectivity index (χ4v) is 4.66. The van der Waals surface area contributed by atoms with Gasteiger partial charge in [0, 0.05) is 23.0 Å². The summed E-state index contributed by atoms with van der Waals surface area (Å²) in [5, 5.41) is 0.719. The highest BCUT2D eigenvalue weighted by molar-refractivity contribution is 8.00. The Labute approximate surface area is 165 Å². The van der Waals surface area contributed by atoms with Gasteiger partial charge in [-0.3, -0.25) is 4.79 Å². The lowest BCUT2D eigenvalue weighted by atomic mass is 9.90. The molecule has 0 aromatic heterocycles.